The van der Waals surface area contributed by atoms with E-state index in [1.54, 1.807) is 6.92 Å². The van der Waals surface area contributed by atoms with Crippen LogP contribution in [0.2, 0.25) is 0 Å². The highest BCUT2D eigenvalue weighted by Crippen LogP contribution is 2.42. The van der Waals surface area contributed by atoms with Crippen LogP contribution in [0.25, 0.3) is 0 Å². The topological polar surface area (TPSA) is 54.0 Å². The lowest BCUT2D eigenvalue weighted by atomic mass is 9.94. The van der Waals surface area contributed by atoms with E-state index in [1.165, 1.54) is 0 Å². The molecule has 2 fully saturated rings. The van der Waals surface area contributed by atoms with Crippen LogP contribution in [0.4, 0.5) is 0 Å². The number of rotatable bonds is 7. The average molecular weight is 348 g/mol. The normalized spacial score (nSPS) is 31.7. The molecule has 0 N–H and O–H groups in total. The van der Waals surface area contributed by atoms with Crippen LogP contribution in [0.15, 0.2) is 30.3 Å². The summed E-state index contributed by atoms with van der Waals surface area (Å²) < 4.78 is 24.1. The molecule has 0 amide bonds. The molecule has 0 spiro atoms. The van der Waals surface area contributed by atoms with E-state index in [9.17, 15) is 4.79 Å². The molecule has 1 aromatic rings. The molecule has 2 heterocycles. The molecule has 0 bridgehead atoms. The van der Waals surface area contributed by atoms with Crippen LogP contribution in [-0.2, 0) is 30.3 Å². The second kappa shape index (κ2) is 7.54. The first-order valence-electron chi connectivity index (χ1n) is 9.02. The molecule has 25 heavy (non-hydrogen) atoms. The summed E-state index contributed by atoms with van der Waals surface area (Å²) in [5.74, 6) is -0.318. The first-order valence-corrected chi connectivity index (χ1v) is 9.02. The molecule has 2 aliphatic rings. The maximum atomic E-state index is 11.5. The smallest absolute Gasteiger partial charge is 0.187 e. The molecule has 0 aliphatic carbocycles. The molecule has 5 heteroatoms. The summed E-state index contributed by atoms with van der Waals surface area (Å²) in [7, 11) is 0. The van der Waals surface area contributed by atoms with Crippen molar-refractivity contribution in [2.75, 3.05) is 0 Å². The van der Waals surface area contributed by atoms with Crippen LogP contribution < -0.4 is 0 Å². The third-order valence-electron chi connectivity index (χ3n) is 4.87. The Morgan fingerprint density at radius 2 is 1.96 bits per heavy atom. The zero-order valence-electron chi connectivity index (χ0n) is 15.4. The van der Waals surface area contributed by atoms with Gasteiger partial charge in [-0.1, -0.05) is 37.3 Å². The minimum atomic E-state index is -0.617. The summed E-state index contributed by atoms with van der Waals surface area (Å²) in [4.78, 5) is 11.5. The van der Waals surface area contributed by atoms with Crippen molar-refractivity contribution in [2.45, 2.75) is 77.5 Å². The van der Waals surface area contributed by atoms with Gasteiger partial charge in [0, 0.05) is 12.3 Å². The van der Waals surface area contributed by atoms with Gasteiger partial charge in [0.1, 0.15) is 11.9 Å². The van der Waals surface area contributed by atoms with E-state index in [-0.39, 0.29) is 36.3 Å². The summed E-state index contributed by atoms with van der Waals surface area (Å²) in [6.07, 6.45) is 0.346. The Hall–Kier alpha value is -1.27. The van der Waals surface area contributed by atoms with Crippen molar-refractivity contribution in [1.82, 2.24) is 0 Å². The molecule has 138 valence electrons. The SMILES string of the molecule is CC(=O)CC[C@@H](OCc1ccccc1)[C@H]1O[C@@H]2OC(C)(C)O[C@H]2C1C. The van der Waals surface area contributed by atoms with Gasteiger partial charge in [-0.05, 0) is 32.8 Å². The van der Waals surface area contributed by atoms with Crippen molar-refractivity contribution in [3.05, 3.63) is 35.9 Å². The van der Waals surface area contributed by atoms with Crippen LogP contribution in [0.3, 0.4) is 0 Å². The van der Waals surface area contributed by atoms with Gasteiger partial charge in [-0.3, -0.25) is 0 Å². The van der Waals surface area contributed by atoms with Crippen LogP contribution >= 0.6 is 0 Å². The molecule has 5 atom stereocenters. The van der Waals surface area contributed by atoms with E-state index in [1.807, 2.05) is 44.2 Å². The van der Waals surface area contributed by atoms with Crippen molar-refractivity contribution in [3.63, 3.8) is 0 Å². The predicted octanol–water partition coefficient (Wildman–Crippen LogP) is 3.45. The first-order chi connectivity index (χ1) is 11.9. The van der Waals surface area contributed by atoms with Crippen LogP contribution in [-0.4, -0.2) is 36.2 Å². The van der Waals surface area contributed by atoms with Crippen molar-refractivity contribution < 1.29 is 23.7 Å². The largest absolute Gasteiger partial charge is 0.371 e. The molecule has 2 saturated heterocycles. The van der Waals surface area contributed by atoms with E-state index in [0.29, 0.717) is 19.4 Å². The van der Waals surface area contributed by atoms with Crippen molar-refractivity contribution in [1.29, 1.82) is 0 Å². The van der Waals surface area contributed by atoms with Gasteiger partial charge in [-0.25, -0.2) is 0 Å². The lowest BCUT2D eigenvalue weighted by Gasteiger charge is -2.29. The zero-order valence-corrected chi connectivity index (χ0v) is 15.4. The molecule has 0 radical (unpaired) electrons. The number of benzene rings is 1. The highest BCUT2D eigenvalue weighted by atomic mass is 16.8. The lowest BCUT2D eigenvalue weighted by molar-refractivity contribution is -0.223. The van der Waals surface area contributed by atoms with Gasteiger partial charge in [-0.2, -0.15) is 0 Å². The molecule has 3 rings (SSSR count). The molecule has 0 aromatic heterocycles. The van der Waals surface area contributed by atoms with Gasteiger partial charge in [0.05, 0.1) is 18.8 Å². The standard InChI is InChI=1S/C20H28O5/c1-13(21)10-11-16(22-12-15-8-6-5-7-9-15)17-14(2)18-19(23-17)25-20(3,4)24-18/h5-9,14,16-19H,10-12H2,1-4H3/t14?,16-,17+,18+,19-/m1/s1. The van der Waals surface area contributed by atoms with E-state index in [4.69, 9.17) is 18.9 Å². The quantitative estimate of drug-likeness (QED) is 0.755. The highest BCUT2D eigenvalue weighted by Gasteiger charge is 2.54. The molecule has 5 nitrogen and oxygen atoms in total. The fourth-order valence-corrected chi connectivity index (χ4v) is 3.58. The molecule has 1 unspecified atom stereocenters. The second-order valence-corrected chi connectivity index (χ2v) is 7.50. The number of carbonyl (C=O) groups excluding carboxylic acids is 1. The Kier molecular flexibility index (Phi) is 5.58. The summed E-state index contributed by atoms with van der Waals surface area (Å²) in [5, 5.41) is 0. The third-order valence-corrected chi connectivity index (χ3v) is 4.87. The van der Waals surface area contributed by atoms with Crippen molar-refractivity contribution in [2.24, 2.45) is 5.92 Å². The van der Waals surface area contributed by atoms with Gasteiger partial charge >= 0.3 is 0 Å². The lowest BCUT2D eigenvalue weighted by Crippen LogP contribution is -2.37. The second-order valence-electron chi connectivity index (χ2n) is 7.50. The zero-order chi connectivity index (χ0) is 18.0. The summed E-state index contributed by atoms with van der Waals surface area (Å²) in [6, 6.07) is 10.0. The van der Waals surface area contributed by atoms with E-state index in [0.717, 1.165) is 5.56 Å². The van der Waals surface area contributed by atoms with Gasteiger partial charge in [0.25, 0.3) is 0 Å². The minimum absolute atomic E-state index is 0.0971. The Morgan fingerprint density at radius 3 is 2.60 bits per heavy atom. The summed E-state index contributed by atoms with van der Waals surface area (Å²) >= 11 is 0. The molecular weight excluding hydrogens is 320 g/mol. The van der Waals surface area contributed by atoms with Gasteiger partial charge in [0.2, 0.25) is 0 Å². The highest BCUT2D eigenvalue weighted by molar-refractivity contribution is 5.75. The number of hydrogen-bond acceptors (Lipinski definition) is 5. The predicted molar refractivity (Wildman–Crippen MR) is 92.8 cm³/mol. The third kappa shape index (κ3) is 4.47. The Morgan fingerprint density at radius 1 is 1.24 bits per heavy atom. The number of carbonyl (C=O) groups is 1. The van der Waals surface area contributed by atoms with Gasteiger partial charge in [-0.15, -0.1) is 0 Å². The Labute approximate surface area is 149 Å². The Bertz CT molecular complexity index is 585. The molecule has 0 saturated carbocycles. The van der Waals surface area contributed by atoms with Crippen LogP contribution in [0, 0.1) is 5.92 Å². The fourth-order valence-electron chi connectivity index (χ4n) is 3.58. The van der Waals surface area contributed by atoms with Crippen LogP contribution in [0.5, 0.6) is 0 Å². The maximum Gasteiger partial charge on any atom is 0.187 e. The fraction of sp³-hybridized carbons (Fsp3) is 0.650. The molecule has 1 aromatic carbocycles. The maximum absolute atomic E-state index is 11.5. The monoisotopic (exact) mass is 348 g/mol. The van der Waals surface area contributed by atoms with E-state index >= 15 is 0 Å². The number of Topliss-reactive ketones (excluding diaryl/α,β-unsaturated/α-hetero) is 1. The number of fused-ring (bicyclic) bond motifs is 1. The number of ketones is 1. The molecular formula is C20H28O5. The Balaban J connectivity index is 1.66. The van der Waals surface area contributed by atoms with Gasteiger partial charge in [0.15, 0.2) is 12.1 Å². The minimum Gasteiger partial charge on any atom is -0.371 e. The van der Waals surface area contributed by atoms with Gasteiger partial charge < -0.3 is 23.7 Å². The van der Waals surface area contributed by atoms with Crippen molar-refractivity contribution >= 4 is 5.78 Å². The number of hydrogen-bond donors (Lipinski definition) is 0. The van der Waals surface area contributed by atoms with E-state index in [2.05, 4.69) is 6.92 Å². The summed E-state index contributed by atoms with van der Waals surface area (Å²) in [6.45, 7) is 8.01. The van der Waals surface area contributed by atoms with Crippen LogP contribution in [0.1, 0.15) is 46.1 Å². The first kappa shape index (κ1) is 18.5. The van der Waals surface area contributed by atoms with Crippen molar-refractivity contribution in [3.8, 4) is 0 Å². The summed E-state index contributed by atoms with van der Waals surface area (Å²) in [5.41, 5.74) is 1.11. The average Bonchev–Trinajstić information content (AvgIpc) is 3.02. The number of ether oxygens (including phenoxy) is 4. The molecule has 2 aliphatic heterocycles. The van der Waals surface area contributed by atoms with E-state index < -0.39 is 5.79 Å².